The lowest BCUT2D eigenvalue weighted by molar-refractivity contribution is 0.220. The average Bonchev–Trinajstić information content (AvgIpc) is 3.19. The predicted octanol–water partition coefficient (Wildman–Crippen LogP) is 3.19. The van der Waals surface area contributed by atoms with Crippen LogP contribution in [-0.4, -0.2) is 34.4 Å². The Bertz CT molecular complexity index is 1040. The summed E-state index contributed by atoms with van der Waals surface area (Å²) in [6, 6.07) is 9.72. The summed E-state index contributed by atoms with van der Waals surface area (Å²) in [6.07, 6.45) is 3.71. The third-order valence-electron chi connectivity index (χ3n) is 4.47. The quantitative estimate of drug-likeness (QED) is 0.682. The summed E-state index contributed by atoms with van der Waals surface area (Å²) in [5.74, 6) is -0.144. The molecule has 0 radical (unpaired) electrons. The van der Waals surface area contributed by atoms with Crippen LogP contribution in [-0.2, 0) is 10.0 Å². The van der Waals surface area contributed by atoms with E-state index in [1.807, 2.05) is 0 Å². The van der Waals surface area contributed by atoms with Crippen molar-refractivity contribution in [2.24, 2.45) is 0 Å². The highest BCUT2D eigenvalue weighted by Gasteiger charge is 2.37. The zero-order valence-electron chi connectivity index (χ0n) is 14.3. The lowest BCUT2D eigenvalue weighted by atomic mass is 10.1. The minimum Gasteiger partial charge on any atom is -0.417 e. The van der Waals surface area contributed by atoms with Crippen LogP contribution in [0.15, 0.2) is 58.0 Å². The minimum absolute atomic E-state index is 0.0844. The van der Waals surface area contributed by atoms with Crippen molar-refractivity contribution in [2.45, 2.75) is 30.2 Å². The molecule has 0 bridgehead atoms. The second-order valence-electron chi connectivity index (χ2n) is 6.25. The number of halogens is 1. The SMILES string of the molecule is O=S(=O)(c1cccc(F)c1)N1CCCC[C@H]1c1nnc(-c2ccccn2)o1. The summed E-state index contributed by atoms with van der Waals surface area (Å²) in [5.41, 5.74) is 0.520. The van der Waals surface area contributed by atoms with E-state index in [0.717, 1.165) is 12.5 Å². The highest BCUT2D eigenvalue weighted by Crippen LogP contribution is 2.35. The number of rotatable bonds is 4. The number of aromatic nitrogens is 3. The molecule has 0 amide bonds. The van der Waals surface area contributed by atoms with E-state index in [0.29, 0.717) is 25.1 Å². The van der Waals surface area contributed by atoms with E-state index in [1.54, 1.807) is 24.4 Å². The number of sulfonamides is 1. The maximum Gasteiger partial charge on any atom is 0.266 e. The number of hydrogen-bond donors (Lipinski definition) is 0. The Morgan fingerprint density at radius 1 is 1.11 bits per heavy atom. The van der Waals surface area contributed by atoms with Gasteiger partial charge in [-0.1, -0.05) is 18.6 Å². The van der Waals surface area contributed by atoms with Crippen molar-refractivity contribution >= 4 is 10.0 Å². The van der Waals surface area contributed by atoms with Crippen LogP contribution < -0.4 is 0 Å². The van der Waals surface area contributed by atoms with E-state index in [2.05, 4.69) is 15.2 Å². The Hall–Kier alpha value is -2.65. The zero-order valence-corrected chi connectivity index (χ0v) is 15.1. The topological polar surface area (TPSA) is 89.2 Å². The van der Waals surface area contributed by atoms with Crippen LogP contribution >= 0.6 is 0 Å². The predicted molar refractivity (Wildman–Crippen MR) is 94.4 cm³/mol. The van der Waals surface area contributed by atoms with Gasteiger partial charge in [0.2, 0.25) is 15.9 Å². The molecular formula is C18H17FN4O3S. The summed E-state index contributed by atoms with van der Waals surface area (Å²) in [4.78, 5) is 4.08. The Morgan fingerprint density at radius 2 is 2.00 bits per heavy atom. The summed E-state index contributed by atoms with van der Waals surface area (Å²) < 4.78 is 46.7. The molecule has 0 N–H and O–H groups in total. The van der Waals surface area contributed by atoms with Crippen LogP contribution in [0.2, 0.25) is 0 Å². The van der Waals surface area contributed by atoms with Crippen molar-refractivity contribution in [3.8, 4) is 11.6 Å². The first-order valence-electron chi connectivity index (χ1n) is 8.58. The number of pyridine rings is 1. The first-order chi connectivity index (χ1) is 13.1. The molecule has 1 aliphatic rings. The van der Waals surface area contributed by atoms with Crippen LogP contribution in [0.5, 0.6) is 0 Å². The molecule has 3 aromatic rings. The minimum atomic E-state index is -3.89. The summed E-state index contributed by atoms with van der Waals surface area (Å²) in [7, 11) is -3.89. The van der Waals surface area contributed by atoms with Crippen molar-refractivity contribution in [2.75, 3.05) is 6.54 Å². The summed E-state index contributed by atoms with van der Waals surface area (Å²) in [6.45, 7) is 0.310. The number of nitrogens with zero attached hydrogens (tertiary/aromatic N) is 4. The zero-order chi connectivity index (χ0) is 18.9. The molecule has 1 aromatic carbocycles. The van der Waals surface area contributed by atoms with Crippen LogP contribution in [0.1, 0.15) is 31.2 Å². The molecule has 3 heterocycles. The molecule has 1 aliphatic heterocycles. The smallest absolute Gasteiger partial charge is 0.266 e. The largest absolute Gasteiger partial charge is 0.417 e. The average molecular weight is 388 g/mol. The molecule has 1 fully saturated rings. The van der Waals surface area contributed by atoms with E-state index in [9.17, 15) is 12.8 Å². The Balaban J connectivity index is 1.68. The molecule has 0 spiro atoms. The van der Waals surface area contributed by atoms with Crippen molar-refractivity contribution in [1.29, 1.82) is 0 Å². The molecule has 0 saturated carbocycles. The molecule has 1 saturated heterocycles. The number of hydrogen-bond acceptors (Lipinski definition) is 6. The van der Waals surface area contributed by atoms with Gasteiger partial charge in [-0.15, -0.1) is 10.2 Å². The molecular weight excluding hydrogens is 371 g/mol. The highest BCUT2D eigenvalue weighted by molar-refractivity contribution is 7.89. The van der Waals surface area contributed by atoms with Gasteiger partial charge in [0.15, 0.2) is 0 Å². The van der Waals surface area contributed by atoms with Gasteiger partial charge in [-0.05, 0) is 43.2 Å². The van der Waals surface area contributed by atoms with Crippen molar-refractivity contribution < 1.29 is 17.2 Å². The van der Waals surface area contributed by atoms with E-state index in [1.165, 1.54) is 22.5 Å². The fourth-order valence-electron chi connectivity index (χ4n) is 3.16. The molecule has 27 heavy (non-hydrogen) atoms. The maximum atomic E-state index is 13.5. The second-order valence-corrected chi connectivity index (χ2v) is 8.14. The van der Waals surface area contributed by atoms with E-state index in [4.69, 9.17) is 4.42 Å². The molecule has 1 atom stereocenters. The van der Waals surface area contributed by atoms with Gasteiger partial charge in [0, 0.05) is 12.7 Å². The van der Waals surface area contributed by atoms with Gasteiger partial charge in [-0.25, -0.2) is 12.8 Å². The lowest BCUT2D eigenvalue weighted by Gasteiger charge is -2.32. The van der Waals surface area contributed by atoms with Gasteiger partial charge in [-0.2, -0.15) is 4.31 Å². The van der Waals surface area contributed by atoms with E-state index in [-0.39, 0.29) is 16.7 Å². The summed E-state index contributed by atoms with van der Waals surface area (Å²) in [5, 5.41) is 8.06. The molecule has 2 aromatic heterocycles. The van der Waals surface area contributed by atoms with E-state index >= 15 is 0 Å². The van der Waals surface area contributed by atoms with Gasteiger partial charge in [0.25, 0.3) is 5.89 Å². The Morgan fingerprint density at radius 3 is 2.78 bits per heavy atom. The lowest BCUT2D eigenvalue weighted by Crippen LogP contribution is -2.38. The van der Waals surface area contributed by atoms with Crippen LogP contribution in [0.4, 0.5) is 4.39 Å². The Kier molecular flexibility index (Phi) is 4.71. The van der Waals surface area contributed by atoms with Gasteiger partial charge in [-0.3, -0.25) is 4.98 Å². The molecule has 140 valence electrons. The van der Waals surface area contributed by atoms with Gasteiger partial charge < -0.3 is 4.42 Å². The fourth-order valence-corrected chi connectivity index (χ4v) is 4.85. The third-order valence-corrected chi connectivity index (χ3v) is 6.37. The van der Waals surface area contributed by atoms with Gasteiger partial charge in [0.05, 0.1) is 4.90 Å². The first-order valence-corrected chi connectivity index (χ1v) is 10.0. The standard InChI is InChI=1S/C18H17FN4O3S/c19-13-6-5-7-14(12-13)27(24,25)23-11-4-2-9-16(23)18-22-21-17(26-18)15-8-1-3-10-20-15/h1,3,5-8,10,12,16H,2,4,9,11H2/t16-/m0/s1. The molecule has 4 rings (SSSR count). The van der Waals surface area contributed by atoms with Crippen molar-refractivity contribution in [3.63, 3.8) is 0 Å². The molecule has 9 heteroatoms. The molecule has 7 nitrogen and oxygen atoms in total. The van der Waals surface area contributed by atoms with Crippen LogP contribution in [0, 0.1) is 5.82 Å². The second kappa shape index (κ2) is 7.16. The fraction of sp³-hybridized carbons (Fsp3) is 0.278. The molecule has 0 unspecified atom stereocenters. The highest BCUT2D eigenvalue weighted by atomic mass is 32.2. The van der Waals surface area contributed by atoms with Gasteiger partial charge >= 0.3 is 0 Å². The monoisotopic (exact) mass is 388 g/mol. The van der Waals surface area contributed by atoms with Crippen LogP contribution in [0.25, 0.3) is 11.6 Å². The van der Waals surface area contributed by atoms with Crippen molar-refractivity contribution in [1.82, 2.24) is 19.5 Å². The van der Waals surface area contributed by atoms with Crippen molar-refractivity contribution in [3.05, 3.63) is 60.4 Å². The number of benzene rings is 1. The number of piperidine rings is 1. The third kappa shape index (κ3) is 3.47. The van der Waals surface area contributed by atoms with Gasteiger partial charge in [0.1, 0.15) is 17.6 Å². The van der Waals surface area contributed by atoms with E-state index < -0.39 is 21.9 Å². The first kappa shape index (κ1) is 17.7. The Labute approximate surface area is 155 Å². The maximum absolute atomic E-state index is 13.5. The normalized spacial score (nSPS) is 18.5. The molecule has 0 aliphatic carbocycles. The van der Waals surface area contributed by atoms with Crippen LogP contribution in [0.3, 0.4) is 0 Å². The summed E-state index contributed by atoms with van der Waals surface area (Å²) >= 11 is 0.